The predicted octanol–water partition coefficient (Wildman–Crippen LogP) is 3.86. The van der Waals surface area contributed by atoms with Gasteiger partial charge in [-0.25, -0.2) is 4.98 Å². The summed E-state index contributed by atoms with van der Waals surface area (Å²) in [4.78, 5) is 5.13. The Bertz CT molecular complexity index is 660. The highest BCUT2D eigenvalue weighted by Gasteiger charge is 2.20. The molecule has 0 radical (unpaired) electrons. The molecule has 3 N–H and O–H groups in total. The zero-order valence-electron chi connectivity index (χ0n) is 12.3. The number of hydrogen-bond acceptors (Lipinski definition) is 3. The zero-order valence-corrected chi connectivity index (χ0v) is 13.1. The molecule has 0 saturated heterocycles. The first kappa shape index (κ1) is 14.3. The van der Waals surface area contributed by atoms with E-state index in [0.717, 1.165) is 28.2 Å². The number of nitrogens with two attached hydrogens (primary N) is 1. The van der Waals surface area contributed by atoms with E-state index >= 15 is 0 Å². The maximum absolute atomic E-state index is 5.88. The summed E-state index contributed by atoms with van der Waals surface area (Å²) in [5, 5.41) is 4.64. The maximum Gasteiger partial charge on any atom is 0.137 e. The number of nitrogens with zero attached hydrogens (tertiary/aromatic N) is 1. The average Bonchev–Trinajstić information content (AvgIpc) is 2.48. The minimum absolute atomic E-state index is 0.403. The van der Waals surface area contributed by atoms with Gasteiger partial charge < -0.3 is 11.1 Å². The van der Waals surface area contributed by atoms with Crippen molar-refractivity contribution in [3.63, 3.8) is 0 Å². The lowest BCUT2D eigenvalue weighted by Gasteiger charge is -2.28. The monoisotopic (exact) mass is 299 g/mol. The second-order valence-corrected chi connectivity index (χ2v) is 6.48. The molecule has 4 heteroatoms. The van der Waals surface area contributed by atoms with Crippen LogP contribution in [-0.2, 0) is 0 Å². The van der Waals surface area contributed by atoms with Gasteiger partial charge in [0, 0.05) is 11.4 Å². The van der Waals surface area contributed by atoms with Crippen molar-refractivity contribution in [2.24, 2.45) is 11.7 Å². The summed E-state index contributed by atoms with van der Waals surface area (Å²) in [6.07, 6.45) is 4.92. The third-order valence-electron chi connectivity index (χ3n) is 4.35. The number of rotatable bonds is 3. The average molecular weight is 299 g/mol. The molecule has 0 aliphatic heterocycles. The second kappa shape index (κ2) is 5.98. The van der Waals surface area contributed by atoms with Crippen molar-refractivity contribution in [2.45, 2.75) is 38.6 Å². The first-order chi connectivity index (χ1) is 10.1. The molecule has 2 aromatic rings. The van der Waals surface area contributed by atoms with E-state index in [1.54, 1.807) is 0 Å². The van der Waals surface area contributed by atoms with Crippen molar-refractivity contribution in [2.75, 3.05) is 5.32 Å². The molecular formula is C17H21N3S. The molecule has 1 fully saturated rings. The van der Waals surface area contributed by atoms with Crippen LogP contribution in [0.25, 0.3) is 10.9 Å². The van der Waals surface area contributed by atoms with E-state index in [1.807, 2.05) is 30.3 Å². The minimum Gasteiger partial charge on any atom is -0.389 e. The van der Waals surface area contributed by atoms with Gasteiger partial charge in [0.25, 0.3) is 0 Å². The van der Waals surface area contributed by atoms with E-state index in [4.69, 9.17) is 22.9 Å². The molecule has 1 heterocycles. The van der Waals surface area contributed by atoms with Crippen LogP contribution in [0, 0.1) is 5.92 Å². The molecule has 0 atom stereocenters. The molecule has 0 unspecified atom stereocenters. The molecule has 0 bridgehead atoms. The lowest BCUT2D eigenvalue weighted by molar-refractivity contribution is 0.361. The van der Waals surface area contributed by atoms with Crippen LogP contribution in [0.15, 0.2) is 30.3 Å². The maximum atomic E-state index is 5.88. The Morgan fingerprint density at radius 3 is 2.67 bits per heavy atom. The van der Waals surface area contributed by atoms with E-state index in [9.17, 15) is 0 Å². The molecule has 1 aromatic carbocycles. The second-order valence-electron chi connectivity index (χ2n) is 6.04. The molecule has 3 nitrogen and oxygen atoms in total. The Kier molecular flexibility index (Phi) is 4.06. The minimum atomic E-state index is 0.403. The van der Waals surface area contributed by atoms with Crippen molar-refractivity contribution in [1.82, 2.24) is 4.98 Å². The van der Waals surface area contributed by atoms with Crippen molar-refractivity contribution in [3.05, 3.63) is 35.9 Å². The van der Waals surface area contributed by atoms with Crippen LogP contribution in [0.3, 0.4) is 0 Å². The number of thiocarbonyl (C=S) groups is 1. The molecule has 3 rings (SSSR count). The van der Waals surface area contributed by atoms with Gasteiger partial charge in [0.05, 0.1) is 11.1 Å². The molecule has 110 valence electrons. The van der Waals surface area contributed by atoms with E-state index in [0.29, 0.717) is 11.0 Å². The third-order valence-corrected chi connectivity index (χ3v) is 4.57. The van der Waals surface area contributed by atoms with Crippen LogP contribution < -0.4 is 11.1 Å². The summed E-state index contributed by atoms with van der Waals surface area (Å²) in [5.74, 6) is 1.67. The highest BCUT2D eigenvalue weighted by atomic mass is 32.1. The van der Waals surface area contributed by atoms with Crippen LogP contribution >= 0.6 is 12.2 Å². The van der Waals surface area contributed by atoms with Crippen LogP contribution in [0.4, 0.5) is 5.82 Å². The quantitative estimate of drug-likeness (QED) is 0.845. The predicted molar refractivity (Wildman–Crippen MR) is 92.7 cm³/mol. The van der Waals surface area contributed by atoms with Crippen LogP contribution in [0.2, 0.25) is 0 Å². The number of anilines is 1. The molecule has 1 aliphatic rings. The molecular weight excluding hydrogens is 278 g/mol. The Labute approximate surface area is 130 Å². The van der Waals surface area contributed by atoms with Crippen LogP contribution in [0.5, 0.6) is 0 Å². The number of benzene rings is 1. The number of hydrogen-bond donors (Lipinski definition) is 2. The zero-order chi connectivity index (χ0) is 14.8. The summed E-state index contributed by atoms with van der Waals surface area (Å²) in [6.45, 7) is 2.32. The van der Waals surface area contributed by atoms with Crippen molar-refractivity contribution >= 4 is 33.9 Å². The van der Waals surface area contributed by atoms with Crippen LogP contribution in [0.1, 0.15) is 38.2 Å². The first-order valence-corrected chi connectivity index (χ1v) is 8.00. The summed E-state index contributed by atoms with van der Waals surface area (Å²) in [5.41, 5.74) is 7.71. The molecule has 1 saturated carbocycles. The largest absolute Gasteiger partial charge is 0.389 e. The third kappa shape index (κ3) is 3.16. The topological polar surface area (TPSA) is 50.9 Å². The molecule has 1 aromatic heterocycles. The Morgan fingerprint density at radius 1 is 1.24 bits per heavy atom. The molecule has 0 amide bonds. The van der Waals surface area contributed by atoms with Gasteiger partial charge in [-0.05, 0) is 43.7 Å². The SMILES string of the molecule is CC1CCC(Nc2nc3ccccc3cc2C(N)=S)CC1. The number of pyridine rings is 1. The number of aromatic nitrogens is 1. The van der Waals surface area contributed by atoms with Gasteiger partial charge >= 0.3 is 0 Å². The lowest BCUT2D eigenvalue weighted by Crippen LogP contribution is -2.27. The fourth-order valence-electron chi connectivity index (χ4n) is 3.01. The van der Waals surface area contributed by atoms with Crippen molar-refractivity contribution < 1.29 is 0 Å². The van der Waals surface area contributed by atoms with Gasteiger partial charge in [-0.1, -0.05) is 37.3 Å². The Hall–Kier alpha value is -1.68. The Balaban J connectivity index is 1.92. The van der Waals surface area contributed by atoms with E-state index in [-0.39, 0.29) is 0 Å². The number of para-hydroxylation sites is 1. The van der Waals surface area contributed by atoms with Gasteiger partial charge in [-0.15, -0.1) is 0 Å². The van der Waals surface area contributed by atoms with Gasteiger partial charge in [0.2, 0.25) is 0 Å². The van der Waals surface area contributed by atoms with Crippen molar-refractivity contribution in [3.8, 4) is 0 Å². The lowest BCUT2D eigenvalue weighted by atomic mass is 9.87. The van der Waals surface area contributed by atoms with Gasteiger partial charge in [-0.2, -0.15) is 0 Å². The van der Waals surface area contributed by atoms with Crippen molar-refractivity contribution in [1.29, 1.82) is 0 Å². The number of fused-ring (bicyclic) bond motifs is 1. The normalized spacial score (nSPS) is 22.1. The van der Waals surface area contributed by atoms with Gasteiger partial charge in [0.15, 0.2) is 0 Å². The summed E-state index contributed by atoms with van der Waals surface area (Å²) < 4.78 is 0. The standard InChI is InChI=1S/C17H21N3S/c1-11-6-8-13(9-7-11)19-17-14(16(18)21)10-12-4-2-3-5-15(12)20-17/h2-5,10-11,13H,6-9H2,1H3,(H2,18,21)(H,19,20). The van der Waals surface area contributed by atoms with E-state index in [2.05, 4.69) is 12.2 Å². The first-order valence-electron chi connectivity index (χ1n) is 7.59. The smallest absolute Gasteiger partial charge is 0.137 e. The number of nitrogens with one attached hydrogen (secondary N) is 1. The summed E-state index contributed by atoms with van der Waals surface area (Å²) >= 11 is 5.20. The van der Waals surface area contributed by atoms with Gasteiger partial charge in [0.1, 0.15) is 10.8 Å². The molecule has 0 spiro atoms. The fraction of sp³-hybridized carbons (Fsp3) is 0.412. The fourth-order valence-corrected chi connectivity index (χ4v) is 3.17. The highest BCUT2D eigenvalue weighted by Crippen LogP contribution is 2.28. The molecule has 21 heavy (non-hydrogen) atoms. The Morgan fingerprint density at radius 2 is 1.95 bits per heavy atom. The van der Waals surface area contributed by atoms with E-state index in [1.165, 1.54) is 25.7 Å². The summed E-state index contributed by atoms with van der Waals surface area (Å²) in [6, 6.07) is 10.6. The summed E-state index contributed by atoms with van der Waals surface area (Å²) in [7, 11) is 0. The van der Waals surface area contributed by atoms with Gasteiger partial charge in [-0.3, -0.25) is 0 Å². The molecule has 1 aliphatic carbocycles. The van der Waals surface area contributed by atoms with Crippen LogP contribution in [-0.4, -0.2) is 16.0 Å². The van der Waals surface area contributed by atoms with E-state index < -0.39 is 0 Å². The highest BCUT2D eigenvalue weighted by molar-refractivity contribution is 7.80.